The number of nitrogens with one attached hydrogen (secondary N) is 3. The number of hydrogen-bond donors (Lipinski definition) is 3. The normalized spacial score (nSPS) is 10.6. The van der Waals surface area contributed by atoms with Gasteiger partial charge in [-0.1, -0.05) is 24.3 Å². The fraction of sp³-hybridized carbons (Fsp3) is 0.111. The summed E-state index contributed by atoms with van der Waals surface area (Å²) in [4.78, 5) is 49.8. The van der Waals surface area contributed by atoms with E-state index in [1.807, 2.05) is 0 Å². The Balaban J connectivity index is 1.66. The van der Waals surface area contributed by atoms with E-state index in [1.54, 1.807) is 24.3 Å². The number of amides is 2. The van der Waals surface area contributed by atoms with Crippen LogP contribution in [0.3, 0.4) is 0 Å². The Kier molecular flexibility index (Phi) is 5.11. The van der Waals surface area contributed by atoms with Crippen LogP contribution in [0.1, 0.15) is 16.8 Å². The Morgan fingerprint density at radius 1 is 1.00 bits per heavy atom. The van der Waals surface area contributed by atoms with Gasteiger partial charge in [0.05, 0.1) is 16.5 Å². The number of aryl methyl sites for hydroxylation is 1. The Bertz CT molecular complexity index is 1140. The van der Waals surface area contributed by atoms with E-state index in [-0.39, 0.29) is 18.5 Å². The van der Waals surface area contributed by atoms with Crippen LogP contribution in [0.15, 0.2) is 58.1 Å². The smallest absolute Gasteiger partial charge is 0.293 e. The van der Waals surface area contributed by atoms with Gasteiger partial charge in [-0.25, -0.2) is 9.18 Å². The summed E-state index contributed by atoms with van der Waals surface area (Å²) < 4.78 is 14.8. The first-order valence-corrected chi connectivity index (χ1v) is 8.03. The first-order valence-electron chi connectivity index (χ1n) is 8.03. The summed E-state index contributed by atoms with van der Waals surface area (Å²) in [5, 5.41) is 0.324. The Morgan fingerprint density at radius 2 is 1.70 bits per heavy atom. The number of hydrazine groups is 1. The third kappa shape index (κ3) is 3.92. The van der Waals surface area contributed by atoms with Crippen LogP contribution >= 0.6 is 0 Å². The van der Waals surface area contributed by atoms with Gasteiger partial charge in [-0.15, -0.1) is 0 Å². The lowest BCUT2D eigenvalue weighted by atomic mass is 10.2. The number of nitrogens with zero attached hydrogens (tertiary/aromatic N) is 1. The van der Waals surface area contributed by atoms with Crippen molar-refractivity contribution in [2.75, 3.05) is 0 Å². The third-order valence-electron chi connectivity index (χ3n) is 3.90. The van der Waals surface area contributed by atoms with Gasteiger partial charge in [0.25, 0.3) is 11.5 Å². The number of aromatic amines is 1. The summed E-state index contributed by atoms with van der Waals surface area (Å²) in [6.45, 7) is -0.0163. The van der Waals surface area contributed by atoms with Gasteiger partial charge in [0.15, 0.2) is 0 Å². The van der Waals surface area contributed by atoms with Crippen LogP contribution < -0.4 is 22.1 Å². The minimum atomic E-state index is -0.798. The number of rotatable bonds is 4. The second kappa shape index (κ2) is 7.65. The fourth-order valence-electron chi connectivity index (χ4n) is 2.58. The van der Waals surface area contributed by atoms with E-state index in [2.05, 4.69) is 15.8 Å². The number of fused-ring (bicyclic) bond motifs is 1. The van der Waals surface area contributed by atoms with Gasteiger partial charge < -0.3 is 0 Å². The fourth-order valence-corrected chi connectivity index (χ4v) is 2.58. The molecule has 3 rings (SSSR count). The number of carbonyl (C=O) groups excluding carboxylic acids is 2. The molecule has 0 saturated heterocycles. The van der Waals surface area contributed by atoms with Crippen molar-refractivity contribution in [2.24, 2.45) is 0 Å². The molecule has 0 spiro atoms. The first kappa shape index (κ1) is 18.1. The monoisotopic (exact) mass is 370 g/mol. The second-order valence-corrected chi connectivity index (χ2v) is 5.66. The number of hydrogen-bond acceptors (Lipinski definition) is 4. The summed E-state index contributed by atoms with van der Waals surface area (Å²) in [5.41, 5.74) is 3.32. The number of H-pyrrole nitrogens is 1. The van der Waals surface area contributed by atoms with Crippen LogP contribution in [0.5, 0.6) is 0 Å². The van der Waals surface area contributed by atoms with Crippen molar-refractivity contribution in [2.45, 2.75) is 13.0 Å². The highest BCUT2D eigenvalue weighted by molar-refractivity contribution is 5.95. The van der Waals surface area contributed by atoms with Gasteiger partial charge >= 0.3 is 5.69 Å². The van der Waals surface area contributed by atoms with Crippen molar-refractivity contribution in [3.63, 3.8) is 0 Å². The van der Waals surface area contributed by atoms with E-state index < -0.39 is 28.9 Å². The molecule has 1 heterocycles. The Hall–Kier alpha value is -3.75. The molecule has 2 amide bonds. The highest BCUT2D eigenvalue weighted by Crippen LogP contribution is 2.07. The molecule has 9 heteroatoms. The molecule has 27 heavy (non-hydrogen) atoms. The number of halogens is 1. The molecule has 0 saturated carbocycles. The summed E-state index contributed by atoms with van der Waals surface area (Å²) in [7, 11) is 0. The number of aromatic nitrogens is 2. The molecule has 0 atom stereocenters. The van der Waals surface area contributed by atoms with Gasteiger partial charge in [-0.3, -0.25) is 34.8 Å². The van der Waals surface area contributed by atoms with Gasteiger partial charge in [0.1, 0.15) is 5.82 Å². The van der Waals surface area contributed by atoms with Crippen LogP contribution in [0.2, 0.25) is 0 Å². The molecule has 0 unspecified atom stereocenters. The summed E-state index contributed by atoms with van der Waals surface area (Å²) in [6.07, 6.45) is -0.145. The molecule has 8 nitrogen and oxygen atoms in total. The van der Waals surface area contributed by atoms with Crippen molar-refractivity contribution in [1.82, 2.24) is 20.4 Å². The van der Waals surface area contributed by atoms with Crippen LogP contribution in [0.4, 0.5) is 4.39 Å². The Morgan fingerprint density at radius 3 is 2.48 bits per heavy atom. The van der Waals surface area contributed by atoms with E-state index in [0.29, 0.717) is 10.9 Å². The van der Waals surface area contributed by atoms with E-state index >= 15 is 0 Å². The molecule has 1 aromatic heterocycles. The predicted molar refractivity (Wildman–Crippen MR) is 95.5 cm³/mol. The zero-order valence-electron chi connectivity index (χ0n) is 14.0. The number of para-hydroxylation sites is 1. The number of benzene rings is 2. The number of carbonyl (C=O) groups is 2. The van der Waals surface area contributed by atoms with Crippen LogP contribution in [0, 0.1) is 5.82 Å². The second-order valence-electron chi connectivity index (χ2n) is 5.66. The largest absolute Gasteiger partial charge is 0.328 e. The van der Waals surface area contributed by atoms with E-state index in [4.69, 9.17) is 0 Å². The van der Waals surface area contributed by atoms with Crippen molar-refractivity contribution in [3.8, 4) is 0 Å². The molecule has 2 aromatic carbocycles. The molecular formula is C18H15FN4O4. The minimum Gasteiger partial charge on any atom is -0.293 e. The lowest BCUT2D eigenvalue weighted by Crippen LogP contribution is -2.42. The SMILES string of the molecule is O=C(CCn1c(=O)[nH]c(=O)c2ccccc21)NNC(=O)c1ccccc1F. The minimum absolute atomic E-state index is 0.0163. The average molecular weight is 370 g/mol. The summed E-state index contributed by atoms with van der Waals surface area (Å²) in [5.74, 6) is -2.09. The maximum absolute atomic E-state index is 13.5. The van der Waals surface area contributed by atoms with Crippen molar-refractivity contribution in [3.05, 3.63) is 80.7 Å². The highest BCUT2D eigenvalue weighted by atomic mass is 19.1. The third-order valence-corrected chi connectivity index (χ3v) is 3.90. The van der Waals surface area contributed by atoms with Gasteiger partial charge in [-0.2, -0.15) is 0 Å². The van der Waals surface area contributed by atoms with Gasteiger partial charge in [0.2, 0.25) is 5.91 Å². The van der Waals surface area contributed by atoms with Crippen LogP contribution in [-0.4, -0.2) is 21.4 Å². The Labute approximate surface area is 151 Å². The van der Waals surface area contributed by atoms with E-state index in [1.165, 1.54) is 22.8 Å². The van der Waals surface area contributed by atoms with Crippen molar-refractivity contribution >= 4 is 22.7 Å². The molecular weight excluding hydrogens is 355 g/mol. The van der Waals surface area contributed by atoms with Crippen LogP contribution in [0.25, 0.3) is 10.9 Å². The molecule has 3 aromatic rings. The quantitative estimate of drug-likeness (QED) is 0.586. The zero-order valence-corrected chi connectivity index (χ0v) is 14.0. The summed E-state index contributed by atoms with van der Waals surface area (Å²) in [6, 6.07) is 11.9. The van der Waals surface area contributed by atoms with Crippen LogP contribution in [-0.2, 0) is 11.3 Å². The van der Waals surface area contributed by atoms with Crippen molar-refractivity contribution < 1.29 is 14.0 Å². The zero-order chi connectivity index (χ0) is 19.4. The molecule has 0 radical (unpaired) electrons. The maximum atomic E-state index is 13.5. The van der Waals surface area contributed by atoms with E-state index in [9.17, 15) is 23.6 Å². The molecule has 0 aliphatic carbocycles. The maximum Gasteiger partial charge on any atom is 0.328 e. The molecule has 0 bridgehead atoms. The summed E-state index contributed by atoms with van der Waals surface area (Å²) >= 11 is 0. The van der Waals surface area contributed by atoms with E-state index in [0.717, 1.165) is 6.07 Å². The lowest BCUT2D eigenvalue weighted by molar-refractivity contribution is -0.122. The highest BCUT2D eigenvalue weighted by Gasteiger charge is 2.12. The molecule has 138 valence electrons. The first-order chi connectivity index (χ1) is 13.0. The van der Waals surface area contributed by atoms with Crippen molar-refractivity contribution in [1.29, 1.82) is 0 Å². The standard InChI is InChI=1S/C18H15FN4O4/c19-13-7-3-1-5-11(13)17(26)22-21-15(24)9-10-23-14-8-4-2-6-12(14)16(25)20-18(23)27/h1-8H,9-10H2,(H,21,24)(H,22,26)(H,20,25,27). The van der Waals surface area contributed by atoms with Gasteiger partial charge in [0, 0.05) is 13.0 Å². The molecule has 0 aliphatic rings. The van der Waals surface area contributed by atoms with Gasteiger partial charge in [-0.05, 0) is 24.3 Å². The molecule has 0 aliphatic heterocycles. The molecule has 3 N–H and O–H groups in total. The topological polar surface area (TPSA) is 113 Å². The molecule has 0 fully saturated rings. The average Bonchev–Trinajstić information content (AvgIpc) is 2.66. The lowest BCUT2D eigenvalue weighted by Gasteiger charge is -2.10. The predicted octanol–water partition coefficient (Wildman–Crippen LogP) is 0.680.